The summed E-state index contributed by atoms with van der Waals surface area (Å²) < 4.78 is 129. The lowest BCUT2D eigenvalue weighted by Gasteiger charge is -2.42. The quantitative estimate of drug-likeness (QED) is 0.0256. The summed E-state index contributed by atoms with van der Waals surface area (Å²) in [5.41, 5.74) is 0.616. The van der Waals surface area contributed by atoms with Gasteiger partial charge in [-0.25, -0.2) is 0 Å². The highest BCUT2D eigenvalue weighted by atomic mass is 127. The Labute approximate surface area is 644 Å². The van der Waals surface area contributed by atoms with Crippen molar-refractivity contribution in [3.63, 3.8) is 0 Å². The summed E-state index contributed by atoms with van der Waals surface area (Å²) in [6, 6.07) is 12.8. The van der Waals surface area contributed by atoms with Crippen LogP contribution >= 0.6 is 34.2 Å². The highest BCUT2D eigenvalue weighted by Gasteiger charge is 2.52. The molecule has 0 unspecified atom stereocenters. The summed E-state index contributed by atoms with van der Waals surface area (Å²) in [7, 11) is 0.216. The molecule has 20 nitrogen and oxygen atoms in total. The third-order valence-electron chi connectivity index (χ3n) is 23.5. The van der Waals surface area contributed by atoms with Gasteiger partial charge in [0.2, 0.25) is 0 Å². The van der Waals surface area contributed by atoms with Gasteiger partial charge in [0.05, 0.1) is 58.2 Å². The van der Waals surface area contributed by atoms with Gasteiger partial charge in [-0.3, -0.25) is 24.0 Å². The van der Waals surface area contributed by atoms with Crippen molar-refractivity contribution < 1.29 is 107 Å². The molecule has 7 fully saturated rings. The van der Waals surface area contributed by atoms with Crippen molar-refractivity contribution >= 4 is 79.5 Å². The molecule has 106 heavy (non-hydrogen) atoms. The molecule has 0 aromatic heterocycles. The summed E-state index contributed by atoms with van der Waals surface area (Å²) in [5.74, 6) is 2.45. The molecule has 2 aromatic rings. The highest BCUT2D eigenvalue weighted by molar-refractivity contribution is 14.1. The maximum absolute atomic E-state index is 12.4. The third-order valence-corrected chi connectivity index (χ3v) is 25.5. The number of allylic oxidation sites excluding steroid dienone is 4. The number of methoxy groups -OCH3 is 4. The van der Waals surface area contributed by atoms with Crippen LogP contribution < -0.4 is 9.47 Å². The molecule has 0 N–H and O–H groups in total. The van der Waals surface area contributed by atoms with Gasteiger partial charge < -0.3 is 61.0 Å². The Balaban J connectivity index is 0.000000171. The maximum atomic E-state index is 12.4. The molecule has 1 saturated carbocycles. The minimum Gasteiger partial charge on any atom is -0.492 e. The van der Waals surface area contributed by atoms with Crippen molar-refractivity contribution in [2.75, 3.05) is 125 Å². The zero-order chi connectivity index (χ0) is 76.1. The summed E-state index contributed by atoms with van der Waals surface area (Å²) in [6.07, 6.45) is 32.5. The van der Waals surface area contributed by atoms with Crippen LogP contribution in [0.2, 0.25) is 0 Å². The SMILES string of the molecule is COC(=O)C1(CCCCCl)CCOCC1.COC(=O)C1(CCCCI)CCOCC1.COC(=O)C1CCOCC1.COC(=O)C[C@@H]1COc2cc(O[C@@H]3CCc4c(C5=CCCCC56CCOCC6)cccc43)ccc21.O=C1CCCCC12CCOCC2.O=S(=O)(OC1=CCCCC12CCOCC2)C(F)(F)F. The lowest BCUT2D eigenvalue weighted by Crippen LogP contribution is -2.39. The first-order valence-electron chi connectivity index (χ1n) is 38.5. The minimum atomic E-state index is -5.58. The largest absolute Gasteiger partial charge is 0.534 e. The molecular formula is C80H115ClF3IO20S. The zero-order valence-electron chi connectivity index (χ0n) is 62.8. The Bertz CT molecular complexity index is 3240. The number of rotatable bonds is 18. The van der Waals surface area contributed by atoms with Crippen LogP contribution in [0.15, 0.2) is 54.3 Å². The summed E-state index contributed by atoms with van der Waals surface area (Å²) in [6.45, 7) is 8.77. The van der Waals surface area contributed by atoms with Crippen LogP contribution in [-0.4, -0.2) is 168 Å². The second-order valence-electron chi connectivity index (χ2n) is 29.7. The smallest absolute Gasteiger partial charge is 0.492 e. The molecule has 26 heteroatoms. The number of ether oxygens (including phenoxy) is 12. The lowest BCUT2D eigenvalue weighted by atomic mass is 9.65. The van der Waals surface area contributed by atoms with Gasteiger partial charge in [-0.05, 0) is 211 Å². The predicted molar refractivity (Wildman–Crippen MR) is 402 cm³/mol. The van der Waals surface area contributed by atoms with Gasteiger partial charge >= 0.3 is 39.5 Å². The zero-order valence-corrected chi connectivity index (χ0v) is 66.6. The van der Waals surface area contributed by atoms with Crippen molar-refractivity contribution in [3.05, 3.63) is 76.6 Å². The van der Waals surface area contributed by atoms with Crippen LogP contribution in [0.4, 0.5) is 13.2 Å². The summed E-state index contributed by atoms with van der Waals surface area (Å²) in [5, 5.41) is 0. The Hall–Kier alpha value is -4.61. The van der Waals surface area contributed by atoms with E-state index in [2.05, 4.69) is 55.8 Å². The number of carbonyl (C=O) groups excluding carboxylic acids is 5. The van der Waals surface area contributed by atoms with E-state index in [4.69, 9.17) is 63.7 Å². The first-order valence-corrected chi connectivity index (χ1v) is 42.0. The molecule has 2 aromatic carbocycles. The standard InChI is InChI=1S/C30H34O5.C11H19ClO3.C11H15F3O4S.C11H19IO3.C10H16O2.C7H12O3/c1-32-29(31)17-20-19-34-28-18-21(8-9-22(20)28)35-27-11-10-23-24(5-4-6-25(23)27)26-7-2-3-12-30(26)13-15-33-16-14-30;1-14-10(13)11(4-2-3-7-12)5-8-15-9-6-11;12-11(13,14)19(15,16)18-9-3-1-2-4-10(9)5-7-17-8-6-10;1-14-10(13)11(4-2-3-7-12)5-8-15-9-6-11;11-9-3-1-2-4-10(9)5-7-12-8-6-10;1-9-7(8)6-2-4-10-5-3-6/h4-9,18,20,27H,2-3,10-17,19H2,1H3;2-9H2,1H3;3H,1-2,4-8H2;2-9H2,1H3;1-8H2;6H,2-5H2,1H3/t20-,27-;;;;;/m1...../s1. The van der Waals surface area contributed by atoms with Crippen LogP contribution in [0.5, 0.6) is 11.5 Å². The second kappa shape index (κ2) is 42.7. The van der Waals surface area contributed by atoms with E-state index in [0.717, 1.165) is 183 Å². The average molecular weight is 1650 g/mol. The van der Waals surface area contributed by atoms with Crippen molar-refractivity contribution in [2.24, 2.45) is 33.0 Å². The topological polar surface area (TPSA) is 239 Å². The molecule has 11 aliphatic rings. The van der Waals surface area contributed by atoms with Gasteiger partial charge in [-0.15, -0.1) is 11.6 Å². The van der Waals surface area contributed by atoms with Gasteiger partial charge in [0.15, 0.2) is 0 Å². The van der Waals surface area contributed by atoms with Crippen LogP contribution in [0, 0.1) is 33.0 Å². The van der Waals surface area contributed by atoms with Crippen molar-refractivity contribution in [2.45, 2.75) is 217 Å². The van der Waals surface area contributed by atoms with E-state index in [0.29, 0.717) is 103 Å². The molecule has 4 aliphatic carbocycles. The number of alkyl halides is 5. The molecule has 0 radical (unpaired) electrons. The molecule has 3 spiro atoms. The molecule has 7 aliphatic heterocycles. The van der Waals surface area contributed by atoms with E-state index in [-0.39, 0.29) is 69.2 Å². The van der Waals surface area contributed by atoms with Gasteiger partial charge in [0, 0.05) is 120 Å². The number of benzene rings is 2. The fraction of sp³-hybridized carbons (Fsp3) is 0.738. The van der Waals surface area contributed by atoms with Gasteiger partial charge in [0.1, 0.15) is 29.1 Å². The maximum Gasteiger partial charge on any atom is 0.534 e. The molecule has 596 valence electrons. The molecule has 0 amide bonds. The highest BCUT2D eigenvalue weighted by Crippen LogP contribution is 2.54. The number of hydrogen-bond donors (Lipinski definition) is 0. The Kier molecular flexibility index (Phi) is 35.0. The molecule has 13 rings (SSSR count). The van der Waals surface area contributed by atoms with Crippen LogP contribution in [-0.2, 0) is 92.1 Å². The number of Topliss-reactive ketones (excluding diaryl/α,β-unsaturated/α-hetero) is 1. The predicted octanol–water partition coefficient (Wildman–Crippen LogP) is 16.3. The van der Waals surface area contributed by atoms with Gasteiger partial charge in [0.25, 0.3) is 0 Å². The number of esters is 4. The summed E-state index contributed by atoms with van der Waals surface area (Å²) in [4.78, 5) is 57.9. The Morgan fingerprint density at radius 2 is 1.12 bits per heavy atom. The molecule has 0 bridgehead atoms. The normalized spacial score (nSPS) is 23.2. The van der Waals surface area contributed by atoms with E-state index >= 15 is 0 Å². The number of hydrogen-bond acceptors (Lipinski definition) is 20. The molecule has 2 atom stereocenters. The van der Waals surface area contributed by atoms with E-state index in [1.807, 2.05) is 18.2 Å². The second-order valence-corrected chi connectivity index (χ2v) is 32.7. The van der Waals surface area contributed by atoms with E-state index in [9.17, 15) is 45.6 Å². The van der Waals surface area contributed by atoms with E-state index < -0.39 is 21.0 Å². The first kappa shape index (κ1) is 87.0. The average Bonchev–Trinajstić information content (AvgIpc) is 1.37. The number of halogens is 5. The van der Waals surface area contributed by atoms with Crippen molar-refractivity contribution in [1.82, 2.24) is 0 Å². The fourth-order valence-corrected chi connectivity index (χ4v) is 18.2. The summed E-state index contributed by atoms with van der Waals surface area (Å²) >= 11 is 8.01. The molecule has 7 heterocycles. The monoisotopic (exact) mass is 1650 g/mol. The number of ketones is 1. The lowest BCUT2D eigenvalue weighted by molar-refractivity contribution is -0.160. The number of carbonyl (C=O) groups is 5. The Morgan fingerprint density at radius 3 is 1.67 bits per heavy atom. The van der Waals surface area contributed by atoms with Gasteiger partial charge in [-0.2, -0.15) is 21.6 Å². The Morgan fingerprint density at radius 1 is 0.585 bits per heavy atom. The minimum absolute atomic E-state index is 0.0424. The van der Waals surface area contributed by atoms with Gasteiger partial charge in [-0.1, -0.05) is 72.2 Å². The molecular weight excluding hydrogens is 1530 g/mol. The van der Waals surface area contributed by atoms with Crippen LogP contribution in [0.3, 0.4) is 0 Å². The first-order chi connectivity index (χ1) is 51.1. The number of unbranched alkanes of at least 4 members (excludes halogenated alkanes) is 2. The molecule has 6 saturated heterocycles. The van der Waals surface area contributed by atoms with E-state index in [1.54, 1.807) is 5.57 Å². The van der Waals surface area contributed by atoms with Crippen LogP contribution in [0.1, 0.15) is 227 Å². The van der Waals surface area contributed by atoms with E-state index in [1.165, 1.54) is 83.3 Å². The fourth-order valence-electron chi connectivity index (χ4n) is 16.9. The third kappa shape index (κ3) is 23.5. The number of fused-ring (bicyclic) bond motifs is 2. The van der Waals surface area contributed by atoms with Crippen molar-refractivity contribution in [1.29, 1.82) is 0 Å². The van der Waals surface area contributed by atoms with Crippen molar-refractivity contribution in [3.8, 4) is 11.5 Å². The van der Waals surface area contributed by atoms with Crippen LogP contribution in [0.25, 0.3) is 5.57 Å².